The fourth-order valence-corrected chi connectivity index (χ4v) is 2.69. The van der Waals surface area contributed by atoms with Crippen LogP contribution in [-0.2, 0) is 0 Å². The zero-order valence-corrected chi connectivity index (χ0v) is 15.7. The van der Waals surface area contributed by atoms with Crippen LogP contribution >= 0.6 is 15.9 Å². The van der Waals surface area contributed by atoms with Gasteiger partial charge in [-0.15, -0.1) is 0 Å². The molecular weight excluding hydrogens is 386 g/mol. The van der Waals surface area contributed by atoms with Crippen LogP contribution in [0.5, 0.6) is 11.5 Å². The first kappa shape index (κ1) is 18.8. The Labute approximate surface area is 155 Å². The summed E-state index contributed by atoms with van der Waals surface area (Å²) >= 11 is 3.47. The van der Waals surface area contributed by atoms with Crippen LogP contribution in [0.25, 0.3) is 0 Å². The molecule has 132 valence electrons. The smallest absolute Gasteiger partial charge is 0.271 e. The number of hydrogen-bond donors (Lipinski definition) is 2. The van der Waals surface area contributed by atoms with E-state index >= 15 is 0 Å². The van der Waals surface area contributed by atoms with Crippen LogP contribution in [0.1, 0.15) is 29.8 Å². The van der Waals surface area contributed by atoms with E-state index in [1.54, 1.807) is 30.3 Å². The highest BCUT2D eigenvalue weighted by Gasteiger charge is 2.11. The molecular formula is C18H20BrN3O3. The van der Waals surface area contributed by atoms with Gasteiger partial charge < -0.3 is 15.2 Å². The van der Waals surface area contributed by atoms with E-state index in [9.17, 15) is 4.79 Å². The quantitative estimate of drug-likeness (QED) is 0.418. The molecule has 7 heteroatoms. The highest BCUT2D eigenvalue weighted by atomic mass is 79.9. The zero-order chi connectivity index (χ0) is 18.2. The van der Waals surface area contributed by atoms with Crippen LogP contribution in [0.2, 0.25) is 0 Å². The first-order valence-electron chi connectivity index (χ1n) is 7.83. The lowest BCUT2D eigenvalue weighted by Gasteiger charge is -2.13. The van der Waals surface area contributed by atoms with Crippen molar-refractivity contribution in [1.29, 1.82) is 0 Å². The predicted molar refractivity (Wildman–Crippen MR) is 102 cm³/mol. The second-order valence-electron chi connectivity index (χ2n) is 5.02. The molecule has 2 aromatic rings. The fourth-order valence-electron chi connectivity index (χ4n) is 2.12. The van der Waals surface area contributed by atoms with Gasteiger partial charge in [0.1, 0.15) is 0 Å². The Kier molecular flexibility index (Phi) is 6.82. The molecule has 0 aliphatic heterocycles. The minimum absolute atomic E-state index is 0.335. The molecule has 0 aliphatic carbocycles. The van der Waals surface area contributed by atoms with E-state index in [4.69, 9.17) is 15.2 Å². The van der Waals surface area contributed by atoms with Crippen LogP contribution in [0, 0.1) is 0 Å². The summed E-state index contributed by atoms with van der Waals surface area (Å²) in [6.45, 7) is 4.85. The number of rotatable bonds is 7. The summed E-state index contributed by atoms with van der Waals surface area (Å²) in [5.74, 6) is 0.922. The molecule has 25 heavy (non-hydrogen) atoms. The molecule has 0 unspecified atom stereocenters. The van der Waals surface area contributed by atoms with Crippen LogP contribution in [0.15, 0.2) is 46.0 Å². The minimum atomic E-state index is -0.335. The average molecular weight is 406 g/mol. The largest absolute Gasteiger partial charge is 0.490 e. The first-order chi connectivity index (χ1) is 12.0. The Morgan fingerprint density at radius 3 is 2.68 bits per heavy atom. The Bertz CT molecular complexity index is 778. The van der Waals surface area contributed by atoms with Crippen LogP contribution in [-0.4, -0.2) is 25.3 Å². The number of halogens is 1. The standard InChI is InChI=1S/C18H20BrN3O3/c1-3-24-16-9-12(8-15(19)17(16)25-4-2)11-21-22-18(23)13-6-5-7-14(20)10-13/h5-11H,3-4,20H2,1-2H3,(H,22,23)/b21-11-. The lowest BCUT2D eigenvalue weighted by Crippen LogP contribution is -2.17. The predicted octanol–water partition coefficient (Wildman–Crippen LogP) is 3.59. The van der Waals surface area contributed by atoms with Gasteiger partial charge in [-0.2, -0.15) is 5.10 Å². The Morgan fingerprint density at radius 2 is 2.00 bits per heavy atom. The number of ether oxygens (including phenoxy) is 2. The molecule has 0 radical (unpaired) electrons. The highest BCUT2D eigenvalue weighted by Crippen LogP contribution is 2.36. The van der Waals surface area contributed by atoms with Crippen molar-refractivity contribution in [3.63, 3.8) is 0 Å². The average Bonchev–Trinajstić information content (AvgIpc) is 2.58. The first-order valence-corrected chi connectivity index (χ1v) is 8.62. The number of benzene rings is 2. The maximum absolute atomic E-state index is 12.0. The number of carbonyl (C=O) groups excluding carboxylic acids is 1. The third-order valence-electron chi connectivity index (χ3n) is 3.15. The van der Waals surface area contributed by atoms with E-state index < -0.39 is 0 Å². The number of nitrogens with zero attached hydrogens (tertiary/aromatic N) is 1. The van der Waals surface area contributed by atoms with Gasteiger partial charge in [0.05, 0.1) is 23.9 Å². The van der Waals surface area contributed by atoms with Gasteiger partial charge in [-0.3, -0.25) is 4.79 Å². The molecule has 0 heterocycles. The van der Waals surface area contributed by atoms with Crippen molar-refractivity contribution in [2.24, 2.45) is 5.10 Å². The van der Waals surface area contributed by atoms with Gasteiger partial charge in [0.25, 0.3) is 5.91 Å². The minimum Gasteiger partial charge on any atom is -0.490 e. The summed E-state index contributed by atoms with van der Waals surface area (Å²) in [7, 11) is 0. The third kappa shape index (κ3) is 5.22. The van der Waals surface area contributed by atoms with Gasteiger partial charge in [0.2, 0.25) is 0 Å². The molecule has 0 atom stereocenters. The van der Waals surface area contributed by atoms with E-state index in [1.165, 1.54) is 6.21 Å². The molecule has 2 rings (SSSR count). The van der Waals surface area contributed by atoms with Gasteiger partial charge in [-0.1, -0.05) is 6.07 Å². The second kappa shape index (κ2) is 9.08. The highest BCUT2D eigenvalue weighted by molar-refractivity contribution is 9.10. The SMILES string of the molecule is CCOc1cc(/C=N\NC(=O)c2cccc(N)c2)cc(Br)c1OCC. The van der Waals surface area contributed by atoms with Crippen LogP contribution in [0.3, 0.4) is 0 Å². The molecule has 0 spiro atoms. The Morgan fingerprint density at radius 1 is 1.24 bits per heavy atom. The number of nitrogen functional groups attached to an aromatic ring is 1. The molecule has 1 amide bonds. The molecule has 6 nitrogen and oxygen atoms in total. The molecule has 0 saturated heterocycles. The molecule has 2 aromatic carbocycles. The molecule has 0 saturated carbocycles. The summed E-state index contributed by atoms with van der Waals surface area (Å²) in [5, 5.41) is 3.98. The second-order valence-corrected chi connectivity index (χ2v) is 5.87. The number of nitrogens with one attached hydrogen (secondary N) is 1. The van der Waals surface area contributed by atoms with Crippen molar-refractivity contribution in [2.75, 3.05) is 18.9 Å². The van der Waals surface area contributed by atoms with E-state index in [0.717, 1.165) is 10.0 Å². The van der Waals surface area contributed by atoms with Crippen molar-refractivity contribution in [2.45, 2.75) is 13.8 Å². The number of nitrogens with two attached hydrogens (primary N) is 1. The number of carbonyl (C=O) groups is 1. The van der Waals surface area contributed by atoms with Gasteiger partial charge in [-0.25, -0.2) is 5.43 Å². The maximum Gasteiger partial charge on any atom is 0.271 e. The monoisotopic (exact) mass is 405 g/mol. The molecule has 0 fully saturated rings. The maximum atomic E-state index is 12.0. The van der Waals surface area contributed by atoms with Gasteiger partial charge in [0.15, 0.2) is 11.5 Å². The van der Waals surface area contributed by atoms with Gasteiger partial charge in [0, 0.05) is 11.3 Å². The van der Waals surface area contributed by atoms with Crippen LogP contribution in [0.4, 0.5) is 5.69 Å². The lowest BCUT2D eigenvalue weighted by molar-refractivity contribution is 0.0955. The van der Waals surface area contributed by atoms with E-state index in [-0.39, 0.29) is 5.91 Å². The number of amides is 1. The summed E-state index contributed by atoms with van der Waals surface area (Å²) in [6, 6.07) is 10.3. The summed E-state index contributed by atoms with van der Waals surface area (Å²) in [5.41, 5.74) is 9.86. The van der Waals surface area contributed by atoms with Crippen molar-refractivity contribution in [3.8, 4) is 11.5 Å². The van der Waals surface area contributed by atoms with Crippen molar-refractivity contribution >= 4 is 33.7 Å². The third-order valence-corrected chi connectivity index (χ3v) is 3.74. The van der Waals surface area contributed by atoms with Gasteiger partial charge in [-0.05, 0) is 65.7 Å². The molecule has 0 aromatic heterocycles. The molecule has 0 aliphatic rings. The Balaban J connectivity index is 2.13. The summed E-state index contributed by atoms with van der Waals surface area (Å²) in [6.07, 6.45) is 1.53. The van der Waals surface area contributed by atoms with Crippen molar-refractivity contribution in [1.82, 2.24) is 5.43 Å². The molecule has 0 bridgehead atoms. The topological polar surface area (TPSA) is 85.9 Å². The normalized spacial score (nSPS) is 10.7. The number of anilines is 1. The number of hydrogen-bond acceptors (Lipinski definition) is 5. The van der Waals surface area contributed by atoms with Crippen LogP contribution < -0.4 is 20.6 Å². The summed E-state index contributed by atoms with van der Waals surface area (Å²) in [4.78, 5) is 12.0. The lowest BCUT2D eigenvalue weighted by atomic mass is 10.2. The van der Waals surface area contributed by atoms with Gasteiger partial charge >= 0.3 is 0 Å². The number of hydrazone groups is 1. The van der Waals surface area contributed by atoms with E-state index in [0.29, 0.717) is 36.0 Å². The van der Waals surface area contributed by atoms with Crippen molar-refractivity contribution < 1.29 is 14.3 Å². The summed E-state index contributed by atoms with van der Waals surface area (Å²) < 4.78 is 11.9. The van der Waals surface area contributed by atoms with E-state index in [2.05, 4.69) is 26.5 Å². The Hall–Kier alpha value is -2.54. The fraction of sp³-hybridized carbons (Fsp3) is 0.222. The van der Waals surface area contributed by atoms with Crippen molar-refractivity contribution in [3.05, 3.63) is 52.0 Å². The molecule has 3 N–H and O–H groups in total. The zero-order valence-electron chi connectivity index (χ0n) is 14.1. The van der Waals surface area contributed by atoms with E-state index in [1.807, 2.05) is 19.9 Å².